The number of fused-ring (bicyclic) bond motifs is 2. The van der Waals surface area contributed by atoms with Gasteiger partial charge in [0.1, 0.15) is 48.5 Å². The third kappa shape index (κ3) is 4.92. The molecule has 0 radical (unpaired) electrons. The van der Waals surface area contributed by atoms with Crippen LogP contribution in [0.2, 0.25) is 0 Å². The first-order valence-corrected chi connectivity index (χ1v) is 15.0. The van der Waals surface area contributed by atoms with Crippen molar-refractivity contribution in [2.24, 2.45) is 0 Å². The van der Waals surface area contributed by atoms with Crippen molar-refractivity contribution in [2.45, 2.75) is 49.1 Å². The minimum Gasteiger partial charge on any atom is -0.394 e. The van der Waals surface area contributed by atoms with Gasteiger partial charge in [0.25, 0.3) is 5.56 Å². The fourth-order valence-corrected chi connectivity index (χ4v) is 6.30. The summed E-state index contributed by atoms with van der Waals surface area (Å²) in [5.74, 6) is -0.114. The number of ether oxygens (including phenoxy) is 2. The van der Waals surface area contributed by atoms with Gasteiger partial charge in [-0.3, -0.25) is 28.0 Å². The number of hydrogen-bond acceptors (Lipinski definition) is 17. The minimum atomic E-state index is -4.36. The van der Waals surface area contributed by atoms with Gasteiger partial charge in [-0.05, 0) is 0 Å². The Morgan fingerprint density at radius 3 is 2.40 bits per heavy atom. The maximum Gasteiger partial charge on any atom is 0.386 e. The number of nitrogens with zero attached hydrogens (tertiary/aromatic N) is 7. The topological polar surface area (TPSA) is 294 Å². The molecule has 0 aromatic carbocycles. The molecule has 0 spiro atoms. The van der Waals surface area contributed by atoms with Gasteiger partial charge in [0.2, 0.25) is 5.95 Å². The van der Waals surface area contributed by atoms with Gasteiger partial charge >= 0.3 is 6.80 Å². The largest absolute Gasteiger partial charge is 0.394 e. The number of nitrogens with one attached hydrogen (secondary N) is 1. The Morgan fingerprint density at radius 1 is 0.976 bits per heavy atom. The first-order valence-electron chi connectivity index (χ1n) is 12.3. The van der Waals surface area contributed by atoms with Crippen LogP contribution in [-0.2, 0) is 23.1 Å². The van der Waals surface area contributed by atoms with E-state index in [0.717, 1.165) is 0 Å². The van der Waals surface area contributed by atoms with Crippen molar-refractivity contribution in [3.8, 4) is 0 Å². The maximum absolute atomic E-state index is 13.3. The zero-order valence-electron chi connectivity index (χ0n) is 21.2. The van der Waals surface area contributed by atoms with Gasteiger partial charge in [0.05, 0.1) is 25.9 Å². The fourth-order valence-electron chi connectivity index (χ4n) is 4.84. The third-order valence-corrected chi connectivity index (χ3v) is 8.49. The number of hydrogen-bond donors (Lipinski definition) is 8. The van der Waals surface area contributed by atoms with Gasteiger partial charge in [-0.25, -0.2) is 24.5 Å². The predicted molar refractivity (Wildman–Crippen MR) is 143 cm³/mol. The number of anilines is 2. The van der Waals surface area contributed by atoms with E-state index in [1.54, 1.807) is 0 Å². The summed E-state index contributed by atoms with van der Waals surface area (Å²) in [6.07, 6.45) is -7.17. The summed E-state index contributed by atoms with van der Waals surface area (Å²) in [5, 5.41) is 41.7. The average Bonchev–Trinajstić information content (AvgIpc) is 3.69. The van der Waals surface area contributed by atoms with Gasteiger partial charge in [-0.15, -0.1) is 0 Å². The molecule has 22 heteroatoms. The molecule has 9 atom stereocenters. The summed E-state index contributed by atoms with van der Waals surface area (Å²) in [7, 11) is 0. The molecular weight excluding hydrogens is 603 g/mol. The van der Waals surface area contributed by atoms with E-state index in [2.05, 4.69) is 42.2 Å². The Hall–Kier alpha value is -3.24. The molecule has 9 N–H and O–H groups in total. The number of nitrogens with two attached hydrogens (primary N) is 2. The molecule has 4 aromatic heterocycles. The molecule has 1 unspecified atom stereocenters. The number of aliphatic hydroxyl groups is 4. The monoisotopic (exact) mass is 628 g/mol. The van der Waals surface area contributed by atoms with Crippen LogP contribution in [0.3, 0.4) is 0 Å². The normalized spacial score (nSPS) is 31.3. The highest BCUT2D eigenvalue weighted by molar-refractivity contribution is 8.44. The van der Waals surface area contributed by atoms with Gasteiger partial charge < -0.3 is 41.4 Å². The lowest BCUT2D eigenvalue weighted by Gasteiger charge is -2.25. The van der Waals surface area contributed by atoms with Gasteiger partial charge in [0.15, 0.2) is 35.1 Å². The number of aliphatic hydroxyl groups excluding tert-OH is 4. The SMILES string of the molecule is Nc1nc2c(ncn2[C@@H]2O[C@H](CO)[C@@H](O)[C@H]2OP(=O)(S)OC[C@H]2O[C@@H](n3cnc4c(N)ncnc43)[C@H](O)[C@@H]2O)c(=O)[nH]1. The van der Waals surface area contributed by atoms with Crippen molar-refractivity contribution in [2.75, 3.05) is 24.7 Å². The predicted octanol–water partition coefficient (Wildman–Crippen LogP) is -2.57. The molecule has 6 rings (SSSR count). The van der Waals surface area contributed by atoms with E-state index in [0.29, 0.717) is 0 Å². The molecule has 20 nitrogen and oxygen atoms in total. The lowest BCUT2D eigenvalue weighted by molar-refractivity contribution is -0.0552. The van der Waals surface area contributed by atoms with E-state index in [1.807, 2.05) is 0 Å². The maximum atomic E-state index is 13.3. The molecule has 4 aromatic rings. The molecule has 42 heavy (non-hydrogen) atoms. The molecule has 6 heterocycles. The van der Waals surface area contributed by atoms with Crippen LogP contribution in [0.15, 0.2) is 23.8 Å². The zero-order chi connectivity index (χ0) is 29.9. The smallest absolute Gasteiger partial charge is 0.386 e. The molecule has 0 bridgehead atoms. The van der Waals surface area contributed by atoms with Crippen LogP contribution in [0.4, 0.5) is 11.8 Å². The van der Waals surface area contributed by atoms with Gasteiger partial charge in [-0.2, -0.15) is 4.98 Å². The number of aromatic nitrogens is 8. The number of nitrogen functional groups attached to an aromatic ring is 2. The van der Waals surface area contributed by atoms with Crippen molar-refractivity contribution < 1.29 is 43.5 Å². The molecule has 2 fully saturated rings. The molecule has 2 aliphatic heterocycles. The van der Waals surface area contributed by atoms with Crippen molar-refractivity contribution in [1.29, 1.82) is 0 Å². The van der Waals surface area contributed by atoms with Crippen molar-refractivity contribution >= 4 is 53.1 Å². The number of thiol groups is 1. The van der Waals surface area contributed by atoms with E-state index in [1.165, 1.54) is 28.1 Å². The first-order chi connectivity index (χ1) is 20.0. The Morgan fingerprint density at radius 2 is 1.67 bits per heavy atom. The molecule has 0 amide bonds. The molecule has 226 valence electrons. The average molecular weight is 629 g/mol. The Bertz CT molecular complexity index is 1730. The molecular formula is C20H25N10O10PS. The summed E-state index contributed by atoms with van der Waals surface area (Å²) in [4.78, 5) is 34.6. The second kappa shape index (κ2) is 10.8. The Labute approximate surface area is 238 Å². The summed E-state index contributed by atoms with van der Waals surface area (Å²) < 4.78 is 38.2. The summed E-state index contributed by atoms with van der Waals surface area (Å²) in [6.45, 7) is -5.57. The molecule has 0 saturated carbocycles. The Kier molecular flexibility index (Phi) is 7.42. The summed E-state index contributed by atoms with van der Waals surface area (Å²) in [6, 6.07) is 0. The lowest BCUT2D eigenvalue weighted by atomic mass is 10.1. The van der Waals surface area contributed by atoms with Crippen LogP contribution in [0, 0.1) is 0 Å². The highest BCUT2D eigenvalue weighted by atomic mass is 32.7. The molecule has 2 aliphatic rings. The van der Waals surface area contributed by atoms with Crippen molar-refractivity contribution in [3.05, 3.63) is 29.3 Å². The fraction of sp³-hybridized carbons (Fsp3) is 0.500. The minimum absolute atomic E-state index is 0.0304. The third-order valence-electron chi connectivity index (χ3n) is 6.87. The van der Waals surface area contributed by atoms with Crippen LogP contribution in [0.25, 0.3) is 22.3 Å². The number of aromatic amines is 1. The second-order valence-electron chi connectivity index (χ2n) is 9.48. The first kappa shape index (κ1) is 28.9. The van der Waals surface area contributed by atoms with E-state index >= 15 is 0 Å². The van der Waals surface area contributed by atoms with Crippen LogP contribution < -0.4 is 17.0 Å². The summed E-state index contributed by atoms with van der Waals surface area (Å²) in [5.41, 5.74) is 11.2. The van der Waals surface area contributed by atoms with Crippen LogP contribution in [-0.4, -0.2) is 109 Å². The van der Waals surface area contributed by atoms with Crippen LogP contribution in [0.5, 0.6) is 0 Å². The van der Waals surface area contributed by atoms with Crippen LogP contribution >= 0.6 is 19.0 Å². The van der Waals surface area contributed by atoms with E-state index in [-0.39, 0.29) is 34.1 Å². The number of H-pyrrole nitrogens is 1. The van der Waals surface area contributed by atoms with E-state index < -0.39 is 74.7 Å². The lowest BCUT2D eigenvalue weighted by Crippen LogP contribution is -2.35. The highest BCUT2D eigenvalue weighted by Crippen LogP contribution is 2.57. The number of rotatable bonds is 8. The van der Waals surface area contributed by atoms with E-state index in [9.17, 15) is 29.8 Å². The highest BCUT2D eigenvalue weighted by Gasteiger charge is 2.50. The molecule has 0 aliphatic carbocycles. The van der Waals surface area contributed by atoms with Gasteiger partial charge in [0, 0.05) is 0 Å². The summed E-state index contributed by atoms with van der Waals surface area (Å²) >= 11 is 3.99. The standard InChI is InChI=1S/C20H25N10O10PS/c21-14-8-15(24-3-23-14)29(4-25-8)18-12(34)10(32)7(39-18)2-37-41(36,42)40-13-11(33)6(1-31)38-19(13)30-5-26-9-16(30)27-20(22)28-17(9)35/h3-7,10-13,18-19,31-34H,1-2H2,(H,36,42)(H2,21,23,24)(H3,22,27,28,35)/t6-,7-,10-,11-,12-,13-,18-,19-,41?/m1/s1. The quantitative estimate of drug-likeness (QED) is 0.0734. The van der Waals surface area contributed by atoms with Crippen molar-refractivity contribution in [3.63, 3.8) is 0 Å². The second-order valence-corrected chi connectivity index (χ2v) is 12.4. The molecule has 2 saturated heterocycles. The van der Waals surface area contributed by atoms with Gasteiger partial charge in [-0.1, -0.05) is 12.2 Å². The van der Waals surface area contributed by atoms with Crippen LogP contribution in [0.1, 0.15) is 12.5 Å². The number of imidazole rings is 2. The zero-order valence-corrected chi connectivity index (χ0v) is 23.0. The van der Waals surface area contributed by atoms with Crippen molar-refractivity contribution in [1.82, 2.24) is 39.0 Å². The Balaban J connectivity index is 1.19. The van der Waals surface area contributed by atoms with E-state index in [4.69, 9.17) is 30.0 Å².